The zero-order valence-electron chi connectivity index (χ0n) is 22.1. The number of pyridine rings is 2. The summed E-state index contributed by atoms with van der Waals surface area (Å²) in [6.07, 6.45) is 3.31. The number of nitrogen functional groups attached to an aromatic ring is 1. The third kappa shape index (κ3) is 6.92. The van der Waals surface area contributed by atoms with Crippen LogP contribution in [0.3, 0.4) is 0 Å². The van der Waals surface area contributed by atoms with Crippen molar-refractivity contribution in [2.45, 2.75) is 6.42 Å². The molecule has 0 saturated carbocycles. The minimum Gasteiger partial charge on any atom is -0.481 e. The van der Waals surface area contributed by atoms with Crippen molar-refractivity contribution in [3.05, 3.63) is 36.2 Å². The van der Waals surface area contributed by atoms with Crippen LogP contribution in [0.5, 0.6) is 11.8 Å². The maximum atomic E-state index is 11.9. The van der Waals surface area contributed by atoms with Crippen LogP contribution in [0, 0.1) is 11.3 Å². The second-order valence-electron chi connectivity index (χ2n) is 8.66. The Morgan fingerprint density at radius 2 is 1.54 bits per heavy atom. The van der Waals surface area contributed by atoms with E-state index in [1.54, 1.807) is 25.4 Å². The summed E-state index contributed by atoms with van der Waals surface area (Å²) in [6, 6.07) is 7.38. The van der Waals surface area contributed by atoms with Gasteiger partial charge >= 0.3 is 0 Å². The number of nitriles is 1. The standard InChI is InChI=1S/C13H17N5O2.C13H15N3O3/c1-19-13-10(11-7-12(14)17-16-11)6-9(8-15-13)18-2-4-20-5-3-18;1-18-13-11(12(17)2-3-14)8-10(9-15-13)16-4-6-19-7-5-16/h6-8H,2-5H2,1H3,(H3,14,16,17);8-9H,2,4-7H2,1H3. The van der Waals surface area contributed by atoms with Gasteiger partial charge in [0.15, 0.2) is 5.78 Å². The van der Waals surface area contributed by atoms with Gasteiger partial charge in [0.1, 0.15) is 5.82 Å². The molecule has 2 aliphatic rings. The maximum Gasteiger partial charge on any atom is 0.224 e. The number of anilines is 3. The number of Topliss-reactive ketones (excluding diaryl/α,β-unsaturated/α-hetero) is 1. The first-order valence-corrected chi connectivity index (χ1v) is 12.5. The number of aromatic nitrogens is 4. The van der Waals surface area contributed by atoms with Crippen LogP contribution in [-0.4, -0.2) is 92.8 Å². The highest BCUT2D eigenvalue weighted by Gasteiger charge is 2.19. The molecule has 3 aromatic rings. The van der Waals surface area contributed by atoms with Crippen molar-refractivity contribution in [1.29, 1.82) is 5.26 Å². The lowest BCUT2D eigenvalue weighted by Gasteiger charge is -2.29. The van der Waals surface area contributed by atoms with Crippen LogP contribution in [0.2, 0.25) is 0 Å². The smallest absolute Gasteiger partial charge is 0.224 e. The highest BCUT2D eigenvalue weighted by Crippen LogP contribution is 2.31. The molecule has 3 N–H and O–H groups in total. The summed E-state index contributed by atoms with van der Waals surface area (Å²) in [5.41, 5.74) is 9.55. The Labute approximate surface area is 226 Å². The van der Waals surface area contributed by atoms with Crippen LogP contribution < -0.4 is 25.0 Å². The first-order valence-electron chi connectivity index (χ1n) is 12.5. The quantitative estimate of drug-likeness (QED) is 0.422. The summed E-state index contributed by atoms with van der Waals surface area (Å²) < 4.78 is 21.0. The Hall–Kier alpha value is -4.41. The van der Waals surface area contributed by atoms with Gasteiger partial charge in [-0.15, -0.1) is 0 Å². The van der Waals surface area contributed by atoms with E-state index in [0.717, 1.165) is 62.0 Å². The number of nitrogens with one attached hydrogen (secondary N) is 1. The largest absolute Gasteiger partial charge is 0.481 e. The van der Waals surface area contributed by atoms with Crippen molar-refractivity contribution >= 4 is 23.0 Å². The number of carbonyl (C=O) groups is 1. The molecular weight excluding hydrogens is 504 g/mol. The molecule has 0 aliphatic carbocycles. The summed E-state index contributed by atoms with van der Waals surface area (Å²) in [5.74, 6) is 0.976. The van der Waals surface area contributed by atoms with E-state index >= 15 is 0 Å². The molecule has 3 aromatic heterocycles. The SMILES string of the molecule is COc1ncc(N2CCOCC2)cc1-c1cc(N)n[nH]1.COc1ncc(N2CCOCC2)cc1C(=O)CC#N. The highest BCUT2D eigenvalue weighted by atomic mass is 16.5. The van der Waals surface area contributed by atoms with Crippen LogP contribution in [0.15, 0.2) is 30.6 Å². The van der Waals surface area contributed by atoms with Gasteiger partial charge in [0, 0.05) is 32.2 Å². The van der Waals surface area contributed by atoms with Gasteiger partial charge in [0.25, 0.3) is 0 Å². The first kappa shape index (κ1) is 27.6. The normalized spacial score (nSPS) is 15.1. The number of rotatable bonds is 7. The number of hydrogen-bond donors (Lipinski definition) is 2. The average molecular weight is 537 g/mol. The van der Waals surface area contributed by atoms with Crippen LogP contribution in [0.4, 0.5) is 17.2 Å². The molecule has 2 saturated heterocycles. The lowest BCUT2D eigenvalue weighted by Crippen LogP contribution is -2.36. The van der Waals surface area contributed by atoms with Crippen LogP contribution in [0.1, 0.15) is 16.8 Å². The molecular formula is C26H32N8O5. The molecule has 0 atom stereocenters. The van der Waals surface area contributed by atoms with Crippen LogP contribution >= 0.6 is 0 Å². The molecule has 2 fully saturated rings. The first-order chi connectivity index (χ1) is 19.0. The summed E-state index contributed by atoms with van der Waals surface area (Å²) in [6.45, 7) is 6.04. The number of carbonyl (C=O) groups excluding carboxylic acids is 1. The Kier molecular flexibility index (Phi) is 9.49. The van der Waals surface area contributed by atoms with E-state index in [1.807, 2.05) is 18.3 Å². The van der Waals surface area contributed by atoms with E-state index < -0.39 is 0 Å². The molecule has 5 rings (SSSR count). The van der Waals surface area contributed by atoms with E-state index in [-0.39, 0.29) is 18.1 Å². The van der Waals surface area contributed by atoms with Crippen molar-refractivity contribution < 1.29 is 23.7 Å². The minimum absolute atomic E-state index is 0.176. The van der Waals surface area contributed by atoms with Gasteiger partial charge in [0.2, 0.25) is 11.8 Å². The van der Waals surface area contributed by atoms with Crippen molar-refractivity contribution in [2.24, 2.45) is 0 Å². The number of morpholine rings is 2. The average Bonchev–Trinajstić information content (AvgIpc) is 3.44. The lowest BCUT2D eigenvalue weighted by atomic mass is 10.1. The number of methoxy groups -OCH3 is 2. The second-order valence-corrected chi connectivity index (χ2v) is 8.66. The third-order valence-corrected chi connectivity index (χ3v) is 6.24. The third-order valence-electron chi connectivity index (χ3n) is 6.24. The number of aromatic amines is 1. The predicted octanol–water partition coefficient (Wildman–Crippen LogP) is 1.92. The molecule has 13 nitrogen and oxygen atoms in total. The van der Waals surface area contributed by atoms with Gasteiger partial charge in [-0.1, -0.05) is 0 Å². The van der Waals surface area contributed by atoms with Crippen LogP contribution in [0.25, 0.3) is 11.3 Å². The highest BCUT2D eigenvalue weighted by molar-refractivity contribution is 6.00. The Morgan fingerprint density at radius 3 is 2.05 bits per heavy atom. The van der Waals surface area contributed by atoms with E-state index in [0.29, 0.717) is 30.5 Å². The number of hydrogen-bond acceptors (Lipinski definition) is 12. The van der Waals surface area contributed by atoms with Crippen molar-refractivity contribution in [3.63, 3.8) is 0 Å². The van der Waals surface area contributed by atoms with Gasteiger partial charge < -0.3 is 34.5 Å². The summed E-state index contributed by atoms with van der Waals surface area (Å²) in [5, 5.41) is 15.5. The predicted molar refractivity (Wildman–Crippen MR) is 144 cm³/mol. The Balaban J connectivity index is 0.000000181. The monoisotopic (exact) mass is 536 g/mol. The number of ketones is 1. The van der Waals surface area contributed by atoms with Crippen molar-refractivity contribution in [3.8, 4) is 29.1 Å². The number of H-pyrrole nitrogens is 1. The van der Waals surface area contributed by atoms with E-state index in [9.17, 15) is 4.79 Å². The number of ether oxygens (including phenoxy) is 4. The van der Waals surface area contributed by atoms with Crippen molar-refractivity contribution in [2.75, 3.05) is 82.4 Å². The number of nitrogens with two attached hydrogens (primary N) is 1. The Bertz CT molecular complexity index is 1300. The zero-order valence-corrected chi connectivity index (χ0v) is 22.1. The van der Waals surface area contributed by atoms with Gasteiger partial charge in [-0.2, -0.15) is 10.4 Å². The maximum absolute atomic E-state index is 11.9. The van der Waals surface area contributed by atoms with Gasteiger partial charge in [-0.3, -0.25) is 9.89 Å². The van der Waals surface area contributed by atoms with Crippen molar-refractivity contribution in [1.82, 2.24) is 20.2 Å². The molecule has 0 amide bonds. The molecule has 0 bridgehead atoms. The molecule has 13 heteroatoms. The Morgan fingerprint density at radius 1 is 0.974 bits per heavy atom. The molecule has 206 valence electrons. The van der Waals surface area contributed by atoms with E-state index in [2.05, 4.69) is 30.0 Å². The van der Waals surface area contributed by atoms with E-state index in [4.69, 9.17) is 29.9 Å². The molecule has 0 aromatic carbocycles. The summed E-state index contributed by atoms with van der Waals surface area (Å²) in [4.78, 5) is 24.7. The topological polar surface area (TPSA) is 165 Å². The fourth-order valence-corrected chi connectivity index (χ4v) is 4.23. The van der Waals surface area contributed by atoms with Gasteiger partial charge in [-0.25, -0.2) is 9.97 Å². The molecule has 39 heavy (non-hydrogen) atoms. The molecule has 0 unspecified atom stereocenters. The van der Waals surface area contributed by atoms with Crippen LogP contribution in [-0.2, 0) is 9.47 Å². The van der Waals surface area contributed by atoms with Gasteiger partial charge in [0.05, 0.1) is 93.7 Å². The molecule has 0 spiro atoms. The number of nitrogens with zero attached hydrogens (tertiary/aromatic N) is 6. The molecule has 5 heterocycles. The summed E-state index contributed by atoms with van der Waals surface area (Å²) in [7, 11) is 3.06. The fraction of sp³-hybridized carbons (Fsp3) is 0.423. The second kappa shape index (κ2) is 13.4. The molecule has 0 radical (unpaired) electrons. The zero-order chi connectivity index (χ0) is 27.6. The minimum atomic E-state index is -0.276. The molecule has 2 aliphatic heterocycles. The summed E-state index contributed by atoms with van der Waals surface area (Å²) >= 11 is 0. The van der Waals surface area contributed by atoms with E-state index in [1.165, 1.54) is 7.11 Å². The van der Waals surface area contributed by atoms with Gasteiger partial charge in [-0.05, 0) is 12.1 Å². The lowest BCUT2D eigenvalue weighted by molar-refractivity contribution is 0.0994. The fourth-order valence-electron chi connectivity index (χ4n) is 4.23.